The molecule has 0 bridgehead atoms. The van der Waals surface area contributed by atoms with Crippen LogP contribution in [0.3, 0.4) is 0 Å². The second-order valence-electron chi connectivity index (χ2n) is 3.38. The zero-order chi connectivity index (χ0) is 12.1. The third kappa shape index (κ3) is 3.98. The Kier molecular flexibility index (Phi) is 4.83. The molecule has 1 aromatic heterocycles. The summed E-state index contributed by atoms with van der Waals surface area (Å²) in [7, 11) is 0. The van der Waals surface area contributed by atoms with Gasteiger partial charge in [-0.3, -0.25) is 0 Å². The molecule has 0 saturated carbocycles. The van der Waals surface area contributed by atoms with Crippen LogP contribution < -0.4 is 0 Å². The first kappa shape index (κ1) is 12.9. The van der Waals surface area contributed by atoms with Crippen molar-refractivity contribution in [2.45, 2.75) is 16.5 Å². The first-order valence-electron chi connectivity index (χ1n) is 5.02. The van der Waals surface area contributed by atoms with Crippen LogP contribution in [-0.2, 0) is 11.6 Å². The van der Waals surface area contributed by atoms with Gasteiger partial charge in [-0.25, -0.2) is 9.97 Å². The third-order valence-corrected chi connectivity index (χ3v) is 3.94. The monoisotopic (exact) mass is 328 g/mol. The highest BCUT2D eigenvalue weighted by atomic mass is 79.9. The first-order valence-corrected chi connectivity index (χ1v) is 7.33. The van der Waals surface area contributed by atoms with Gasteiger partial charge < -0.3 is 0 Å². The van der Waals surface area contributed by atoms with Crippen LogP contribution in [0.1, 0.15) is 11.4 Å². The molecule has 0 aliphatic rings. The van der Waals surface area contributed by atoms with Gasteiger partial charge in [0.05, 0.1) is 11.6 Å². The molecule has 0 unspecified atom stereocenters. The second kappa shape index (κ2) is 6.38. The Morgan fingerprint density at radius 3 is 2.35 bits per heavy atom. The Labute approximate surface area is 118 Å². The van der Waals surface area contributed by atoms with Crippen molar-refractivity contribution in [1.29, 1.82) is 0 Å². The Bertz CT molecular complexity index is 473. The average molecular weight is 330 g/mol. The standard InChI is InChI=1S/C12H10BrClN2S/c13-10-1-3-11(4-2-10)17-8-12-15-6-9(5-14)7-16-12/h1-4,6-7H,5,8H2. The number of rotatable bonds is 4. The van der Waals surface area contributed by atoms with Crippen LogP contribution in [0.2, 0.25) is 0 Å². The van der Waals surface area contributed by atoms with Crippen molar-refractivity contribution >= 4 is 39.3 Å². The number of aromatic nitrogens is 2. The van der Waals surface area contributed by atoms with Gasteiger partial charge >= 0.3 is 0 Å². The molecule has 17 heavy (non-hydrogen) atoms. The SMILES string of the molecule is ClCc1cnc(CSc2ccc(Br)cc2)nc1. The summed E-state index contributed by atoms with van der Waals surface area (Å²) in [5.74, 6) is 2.05. The Morgan fingerprint density at radius 1 is 1.12 bits per heavy atom. The van der Waals surface area contributed by atoms with Crippen molar-refractivity contribution in [2.75, 3.05) is 0 Å². The van der Waals surface area contributed by atoms with E-state index in [1.807, 2.05) is 12.1 Å². The molecule has 1 aromatic carbocycles. The van der Waals surface area contributed by atoms with Crippen LogP contribution in [-0.4, -0.2) is 9.97 Å². The highest BCUT2D eigenvalue weighted by Gasteiger charge is 1.99. The van der Waals surface area contributed by atoms with Crippen molar-refractivity contribution in [1.82, 2.24) is 9.97 Å². The van der Waals surface area contributed by atoms with Gasteiger partial charge in [0.15, 0.2) is 0 Å². The summed E-state index contributed by atoms with van der Waals surface area (Å²) in [6.45, 7) is 0. The van der Waals surface area contributed by atoms with Crippen molar-refractivity contribution in [2.24, 2.45) is 0 Å². The van der Waals surface area contributed by atoms with Crippen molar-refractivity contribution < 1.29 is 0 Å². The van der Waals surface area contributed by atoms with E-state index in [9.17, 15) is 0 Å². The van der Waals surface area contributed by atoms with Crippen LogP contribution in [0, 0.1) is 0 Å². The lowest BCUT2D eigenvalue weighted by Crippen LogP contribution is -1.93. The maximum absolute atomic E-state index is 5.68. The number of halogens is 2. The molecule has 1 heterocycles. The van der Waals surface area contributed by atoms with Crippen molar-refractivity contribution in [3.05, 3.63) is 52.5 Å². The van der Waals surface area contributed by atoms with Crippen LogP contribution in [0.15, 0.2) is 46.0 Å². The first-order chi connectivity index (χ1) is 8.28. The summed E-state index contributed by atoms with van der Waals surface area (Å²) in [5, 5.41) is 0. The quantitative estimate of drug-likeness (QED) is 0.619. The maximum Gasteiger partial charge on any atom is 0.138 e. The molecule has 0 radical (unpaired) electrons. The molecule has 2 rings (SSSR count). The lowest BCUT2D eigenvalue weighted by Gasteiger charge is -2.01. The normalized spacial score (nSPS) is 10.5. The number of thioether (sulfide) groups is 1. The molecule has 0 aliphatic carbocycles. The lowest BCUT2D eigenvalue weighted by atomic mass is 10.4. The van der Waals surface area contributed by atoms with Crippen molar-refractivity contribution in [3.8, 4) is 0 Å². The molecule has 2 aromatic rings. The predicted octanol–water partition coefficient (Wildman–Crippen LogP) is 4.27. The summed E-state index contributed by atoms with van der Waals surface area (Å²) in [4.78, 5) is 9.72. The van der Waals surface area contributed by atoms with Crippen LogP contribution in [0.5, 0.6) is 0 Å². The van der Waals surface area contributed by atoms with Crippen LogP contribution in [0.25, 0.3) is 0 Å². The minimum atomic E-state index is 0.458. The smallest absolute Gasteiger partial charge is 0.138 e. The fraction of sp³-hybridized carbons (Fsp3) is 0.167. The highest BCUT2D eigenvalue weighted by molar-refractivity contribution is 9.10. The Hall–Kier alpha value is -0.580. The minimum Gasteiger partial charge on any atom is -0.240 e. The fourth-order valence-corrected chi connectivity index (χ4v) is 2.38. The average Bonchev–Trinajstić information content (AvgIpc) is 2.39. The lowest BCUT2D eigenvalue weighted by molar-refractivity contribution is 1.01. The Morgan fingerprint density at radius 2 is 1.76 bits per heavy atom. The van der Waals surface area contributed by atoms with E-state index in [2.05, 4.69) is 38.0 Å². The predicted molar refractivity (Wildman–Crippen MR) is 75.3 cm³/mol. The van der Waals surface area contributed by atoms with Gasteiger partial charge in [0.25, 0.3) is 0 Å². The van der Waals surface area contributed by atoms with Gasteiger partial charge in [-0.2, -0.15) is 0 Å². The summed E-state index contributed by atoms with van der Waals surface area (Å²) in [6, 6.07) is 8.20. The molecule has 0 aliphatic heterocycles. The van der Waals surface area contributed by atoms with E-state index in [4.69, 9.17) is 11.6 Å². The van der Waals surface area contributed by atoms with Crippen molar-refractivity contribution in [3.63, 3.8) is 0 Å². The molecular weight excluding hydrogens is 320 g/mol. The maximum atomic E-state index is 5.68. The molecular formula is C12H10BrClN2S. The summed E-state index contributed by atoms with van der Waals surface area (Å²) >= 11 is 10.8. The Balaban J connectivity index is 1.95. The van der Waals surface area contributed by atoms with Gasteiger partial charge in [-0.1, -0.05) is 15.9 Å². The molecule has 2 nitrogen and oxygen atoms in total. The molecule has 0 spiro atoms. The fourth-order valence-electron chi connectivity index (χ4n) is 1.20. The molecule has 0 atom stereocenters. The highest BCUT2D eigenvalue weighted by Crippen LogP contribution is 2.23. The number of alkyl halides is 1. The van der Waals surface area contributed by atoms with E-state index in [1.165, 1.54) is 4.90 Å². The van der Waals surface area contributed by atoms with Gasteiger partial charge in [0, 0.05) is 27.3 Å². The van der Waals surface area contributed by atoms with Crippen LogP contribution in [0.4, 0.5) is 0 Å². The zero-order valence-electron chi connectivity index (χ0n) is 8.94. The summed E-state index contributed by atoms with van der Waals surface area (Å²) in [5.41, 5.74) is 0.948. The molecule has 0 fully saturated rings. The molecule has 0 saturated heterocycles. The third-order valence-electron chi connectivity index (χ3n) is 2.09. The largest absolute Gasteiger partial charge is 0.240 e. The van der Waals surface area contributed by atoms with Gasteiger partial charge in [0.2, 0.25) is 0 Å². The van der Waals surface area contributed by atoms with E-state index in [0.29, 0.717) is 5.88 Å². The van der Waals surface area contributed by atoms with E-state index < -0.39 is 0 Å². The van der Waals surface area contributed by atoms with Gasteiger partial charge in [0.1, 0.15) is 5.82 Å². The van der Waals surface area contributed by atoms with E-state index in [1.54, 1.807) is 24.2 Å². The summed E-state index contributed by atoms with van der Waals surface area (Å²) < 4.78 is 1.09. The second-order valence-corrected chi connectivity index (χ2v) is 5.62. The van der Waals surface area contributed by atoms with Crippen LogP contribution >= 0.6 is 39.3 Å². The van der Waals surface area contributed by atoms with Gasteiger partial charge in [-0.15, -0.1) is 23.4 Å². The number of hydrogen-bond donors (Lipinski definition) is 0. The van der Waals surface area contributed by atoms with E-state index in [0.717, 1.165) is 21.6 Å². The molecule has 0 amide bonds. The molecule has 88 valence electrons. The molecule has 5 heteroatoms. The van der Waals surface area contributed by atoms with E-state index >= 15 is 0 Å². The number of hydrogen-bond acceptors (Lipinski definition) is 3. The van der Waals surface area contributed by atoms with E-state index in [-0.39, 0.29) is 0 Å². The number of nitrogens with zero attached hydrogens (tertiary/aromatic N) is 2. The zero-order valence-corrected chi connectivity index (χ0v) is 12.1. The summed E-state index contributed by atoms with van der Waals surface area (Å²) in [6.07, 6.45) is 3.55. The topological polar surface area (TPSA) is 25.8 Å². The molecule has 0 N–H and O–H groups in total. The minimum absolute atomic E-state index is 0.458. The van der Waals surface area contributed by atoms with Gasteiger partial charge in [-0.05, 0) is 24.3 Å². The number of benzene rings is 1.